The van der Waals surface area contributed by atoms with Crippen LogP contribution in [0.4, 0.5) is 0 Å². The molecule has 2 atom stereocenters. The molecule has 2 nitrogen and oxygen atoms in total. The van der Waals surface area contributed by atoms with Crippen molar-refractivity contribution in [1.82, 2.24) is 0 Å². The molecular formula is C15H20BrClO2. The minimum absolute atomic E-state index is 0.385. The molecule has 1 aromatic rings. The zero-order valence-electron chi connectivity index (χ0n) is 11.2. The van der Waals surface area contributed by atoms with E-state index >= 15 is 0 Å². The monoisotopic (exact) mass is 346 g/mol. The van der Waals surface area contributed by atoms with Gasteiger partial charge in [-0.25, -0.2) is 0 Å². The Labute approximate surface area is 128 Å². The van der Waals surface area contributed by atoms with Gasteiger partial charge in [0.2, 0.25) is 0 Å². The number of aliphatic hydroxyl groups is 1. The molecule has 0 spiro atoms. The van der Waals surface area contributed by atoms with E-state index in [0.29, 0.717) is 17.5 Å². The summed E-state index contributed by atoms with van der Waals surface area (Å²) in [6.45, 7) is 2.72. The van der Waals surface area contributed by atoms with Crippen LogP contribution in [0.2, 0.25) is 5.02 Å². The standard InChI is InChI=1S/C15H20BrClO2/c1-15(18,8-2-4-12-5-3-9-19-12)13-7-6-11(16)10-14(13)17/h6-7,10,12,18H,2-5,8-9H2,1H3. The normalized spacial score (nSPS) is 22.4. The molecule has 1 fully saturated rings. The van der Waals surface area contributed by atoms with Crippen molar-refractivity contribution in [3.63, 3.8) is 0 Å². The Morgan fingerprint density at radius 2 is 2.32 bits per heavy atom. The highest BCUT2D eigenvalue weighted by Crippen LogP contribution is 2.34. The van der Waals surface area contributed by atoms with Gasteiger partial charge in [-0.05, 0) is 51.2 Å². The first-order valence-corrected chi connectivity index (χ1v) is 7.95. The second-order valence-corrected chi connectivity index (χ2v) is 6.75. The first kappa shape index (κ1) is 15.3. The summed E-state index contributed by atoms with van der Waals surface area (Å²) >= 11 is 9.58. The average Bonchev–Trinajstić information content (AvgIpc) is 2.81. The van der Waals surface area contributed by atoms with E-state index in [0.717, 1.165) is 35.9 Å². The first-order chi connectivity index (χ1) is 8.99. The molecule has 1 heterocycles. The molecule has 2 unspecified atom stereocenters. The van der Waals surface area contributed by atoms with Crippen LogP contribution in [0.3, 0.4) is 0 Å². The van der Waals surface area contributed by atoms with Crippen molar-refractivity contribution in [3.05, 3.63) is 33.3 Å². The fraction of sp³-hybridized carbons (Fsp3) is 0.600. The van der Waals surface area contributed by atoms with E-state index in [1.807, 2.05) is 25.1 Å². The largest absolute Gasteiger partial charge is 0.385 e. The lowest BCUT2D eigenvalue weighted by atomic mass is 9.90. The Balaban J connectivity index is 1.92. The Morgan fingerprint density at radius 3 is 2.95 bits per heavy atom. The summed E-state index contributed by atoms with van der Waals surface area (Å²) in [6, 6.07) is 5.62. The lowest BCUT2D eigenvalue weighted by Crippen LogP contribution is -2.22. The molecule has 106 valence electrons. The van der Waals surface area contributed by atoms with Crippen LogP contribution in [0.5, 0.6) is 0 Å². The molecule has 1 aliphatic rings. The molecule has 1 aliphatic heterocycles. The predicted octanol–water partition coefficient (Wildman–Crippen LogP) is 4.66. The molecule has 0 amide bonds. The van der Waals surface area contributed by atoms with Crippen LogP contribution in [0.1, 0.15) is 44.6 Å². The van der Waals surface area contributed by atoms with Gasteiger partial charge < -0.3 is 9.84 Å². The number of rotatable bonds is 5. The molecular weight excluding hydrogens is 328 g/mol. The molecule has 0 bridgehead atoms. The number of halogens is 2. The topological polar surface area (TPSA) is 29.5 Å². The highest BCUT2D eigenvalue weighted by molar-refractivity contribution is 9.10. The number of ether oxygens (including phenoxy) is 1. The smallest absolute Gasteiger partial charge is 0.0882 e. The summed E-state index contributed by atoms with van der Waals surface area (Å²) in [6.07, 6.45) is 5.37. The second kappa shape index (κ2) is 6.57. The van der Waals surface area contributed by atoms with Gasteiger partial charge >= 0.3 is 0 Å². The first-order valence-electron chi connectivity index (χ1n) is 6.78. The Bertz CT molecular complexity index is 428. The molecule has 19 heavy (non-hydrogen) atoms. The van der Waals surface area contributed by atoms with Gasteiger partial charge in [-0.3, -0.25) is 0 Å². The van der Waals surface area contributed by atoms with Crippen molar-refractivity contribution in [2.75, 3.05) is 6.61 Å². The fourth-order valence-electron chi connectivity index (χ4n) is 2.61. The molecule has 1 N–H and O–H groups in total. The fourth-order valence-corrected chi connectivity index (χ4v) is 3.48. The lowest BCUT2D eigenvalue weighted by molar-refractivity contribution is 0.0373. The molecule has 0 aliphatic carbocycles. The van der Waals surface area contributed by atoms with Crippen LogP contribution in [0.15, 0.2) is 22.7 Å². The summed E-state index contributed by atoms with van der Waals surface area (Å²) in [5, 5.41) is 11.2. The van der Waals surface area contributed by atoms with Crippen LogP contribution in [0, 0.1) is 0 Å². The number of hydrogen-bond acceptors (Lipinski definition) is 2. The molecule has 0 aromatic heterocycles. The molecule has 0 radical (unpaired) electrons. The maximum Gasteiger partial charge on any atom is 0.0882 e. The van der Waals surface area contributed by atoms with E-state index in [9.17, 15) is 5.11 Å². The minimum atomic E-state index is -0.879. The Kier molecular flexibility index (Phi) is 5.29. The number of benzene rings is 1. The van der Waals surface area contributed by atoms with E-state index in [1.165, 1.54) is 6.42 Å². The average molecular weight is 348 g/mol. The third kappa shape index (κ3) is 4.19. The Morgan fingerprint density at radius 1 is 1.53 bits per heavy atom. The van der Waals surface area contributed by atoms with Crippen molar-refractivity contribution >= 4 is 27.5 Å². The quantitative estimate of drug-likeness (QED) is 0.839. The van der Waals surface area contributed by atoms with Crippen LogP contribution in [-0.4, -0.2) is 17.8 Å². The maximum atomic E-state index is 10.6. The summed E-state index contributed by atoms with van der Waals surface area (Å²) in [5.41, 5.74) is -0.0826. The van der Waals surface area contributed by atoms with Gasteiger partial charge in [0, 0.05) is 21.7 Å². The molecule has 4 heteroatoms. The Hall–Kier alpha value is -0.0900. The SMILES string of the molecule is CC(O)(CCCC1CCCO1)c1ccc(Br)cc1Cl. The van der Waals surface area contributed by atoms with Gasteiger partial charge in [0.15, 0.2) is 0 Å². The molecule has 1 saturated heterocycles. The van der Waals surface area contributed by atoms with E-state index in [1.54, 1.807) is 0 Å². The van der Waals surface area contributed by atoms with Crippen LogP contribution in [0.25, 0.3) is 0 Å². The van der Waals surface area contributed by atoms with Gasteiger partial charge in [-0.15, -0.1) is 0 Å². The summed E-state index contributed by atoms with van der Waals surface area (Å²) < 4.78 is 6.53. The van der Waals surface area contributed by atoms with Gasteiger partial charge in [-0.2, -0.15) is 0 Å². The third-order valence-corrected chi connectivity index (χ3v) is 4.53. The highest BCUT2D eigenvalue weighted by Gasteiger charge is 2.26. The van der Waals surface area contributed by atoms with E-state index < -0.39 is 5.60 Å². The van der Waals surface area contributed by atoms with Crippen molar-refractivity contribution in [3.8, 4) is 0 Å². The maximum absolute atomic E-state index is 10.6. The molecule has 0 saturated carbocycles. The minimum Gasteiger partial charge on any atom is -0.385 e. The second-order valence-electron chi connectivity index (χ2n) is 5.43. The van der Waals surface area contributed by atoms with E-state index in [2.05, 4.69) is 15.9 Å². The summed E-state index contributed by atoms with van der Waals surface area (Å²) in [5.74, 6) is 0. The molecule has 2 rings (SSSR count). The van der Waals surface area contributed by atoms with E-state index in [-0.39, 0.29) is 0 Å². The van der Waals surface area contributed by atoms with Gasteiger partial charge in [-0.1, -0.05) is 33.6 Å². The van der Waals surface area contributed by atoms with Gasteiger partial charge in [0.1, 0.15) is 0 Å². The van der Waals surface area contributed by atoms with Gasteiger partial charge in [0.25, 0.3) is 0 Å². The zero-order chi connectivity index (χ0) is 13.9. The zero-order valence-corrected chi connectivity index (χ0v) is 13.5. The molecule has 1 aromatic carbocycles. The lowest BCUT2D eigenvalue weighted by Gasteiger charge is -2.25. The third-order valence-electron chi connectivity index (χ3n) is 3.73. The van der Waals surface area contributed by atoms with Crippen molar-refractivity contribution < 1.29 is 9.84 Å². The van der Waals surface area contributed by atoms with Gasteiger partial charge in [0.05, 0.1) is 11.7 Å². The van der Waals surface area contributed by atoms with Crippen LogP contribution in [-0.2, 0) is 10.3 Å². The predicted molar refractivity (Wildman–Crippen MR) is 81.5 cm³/mol. The highest BCUT2D eigenvalue weighted by atomic mass is 79.9. The van der Waals surface area contributed by atoms with Crippen molar-refractivity contribution in [1.29, 1.82) is 0 Å². The summed E-state index contributed by atoms with van der Waals surface area (Å²) in [4.78, 5) is 0. The van der Waals surface area contributed by atoms with Crippen molar-refractivity contribution in [2.24, 2.45) is 0 Å². The number of hydrogen-bond donors (Lipinski definition) is 1. The van der Waals surface area contributed by atoms with Crippen molar-refractivity contribution in [2.45, 2.75) is 50.7 Å². The van der Waals surface area contributed by atoms with Crippen LogP contribution < -0.4 is 0 Å². The summed E-state index contributed by atoms with van der Waals surface area (Å²) in [7, 11) is 0. The van der Waals surface area contributed by atoms with Crippen LogP contribution >= 0.6 is 27.5 Å². The van der Waals surface area contributed by atoms with E-state index in [4.69, 9.17) is 16.3 Å².